The first-order valence-electron chi connectivity index (χ1n) is 5.14. The molecule has 18 heavy (non-hydrogen) atoms. The number of halogens is 1. The fourth-order valence-corrected chi connectivity index (χ4v) is 2.13. The van der Waals surface area contributed by atoms with Gasteiger partial charge in [-0.25, -0.2) is 9.18 Å². The second kappa shape index (κ2) is 4.81. The zero-order valence-electron chi connectivity index (χ0n) is 9.85. The Bertz CT molecular complexity index is 610. The Morgan fingerprint density at radius 2 is 2.17 bits per heavy atom. The van der Waals surface area contributed by atoms with Crippen molar-refractivity contribution in [3.05, 3.63) is 35.8 Å². The zero-order chi connectivity index (χ0) is 13.3. The fraction of sp³-hybridized carbons (Fsp3) is 0.167. The second-order valence-electron chi connectivity index (χ2n) is 3.69. The Morgan fingerprint density at radius 1 is 1.44 bits per heavy atom. The molecule has 6 heteroatoms. The minimum Gasteiger partial charge on any atom is -0.476 e. The molecule has 0 amide bonds. The average molecular weight is 266 g/mol. The molecule has 2 aromatic rings. The molecule has 0 aliphatic heterocycles. The third-order valence-corrected chi connectivity index (χ3v) is 3.32. The number of hydrogen-bond acceptors (Lipinski definition) is 3. The van der Waals surface area contributed by atoms with Gasteiger partial charge in [-0.3, -0.25) is 4.68 Å². The molecular weight excluding hydrogens is 255 g/mol. The number of hydrogen-bond donors (Lipinski definition) is 1. The first-order chi connectivity index (χ1) is 8.52. The van der Waals surface area contributed by atoms with Crippen LogP contribution in [0.15, 0.2) is 29.2 Å². The Balaban J connectivity index is 2.48. The smallest absolute Gasteiger partial charge is 0.356 e. The van der Waals surface area contributed by atoms with Crippen molar-refractivity contribution in [1.82, 2.24) is 9.78 Å². The summed E-state index contributed by atoms with van der Waals surface area (Å²) in [6.07, 6.45) is 1.80. The van der Waals surface area contributed by atoms with Crippen LogP contribution in [0.5, 0.6) is 0 Å². The van der Waals surface area contributed by atoms with Crippen LogP contribution in [0, 0.1) is 5.82 Å². The van der Waals surface area contributed by atoms with E-state index in [0.29, 0.717) is 16.2 Å². The first-order valence-corrected chi connectivity index (χ1v) is 6.36. The molecule has 0 saturated carbocycles. The zero-order valence-corrected chi connectivity index (χ0v) is 10.7. The average Bonchev–Trinajstić information content (AvgIpc) is 2.71. The molecule has 0 aliphatic rings. The Morgan fingerprint density at radius 3 is 2.67 bits per heavy atom. The molecule has 0 aliphatic carbocycles. The van der Waals surface area contributed by atoms with Crippen LogP contribution in [0.3, 0.4) is 0 Å². The number of nitrogens with zero attached hydrogens (tertiary/aromatic N) is 2. The number of carboxylic acid groups (broad SMARTS) is 1. The first kappa shape index (κ1) is 12.6. The van der Waals surface area contributed by atoms with Crippen LogP contribution in [0.2, 0.25) is 0 Å². The fourth-order valence-electron chi connectivity index (χ4n) is 1.67. The number of aromatic carboxylic acids is 1. The number of carboxylic acids is 1. The number of carbonyl (C=O) groups is 1. The van der Waals surface area contributed by atoms with Crippen LogP contribution < -0.4 is 0 Å². The lowest BCUT2D eigenvalue weighted by molar-refractivity contribution is 0.0689. The van der Waals surface area contributed by atoms with E-state index in [1.807, 2.05) is 0 Å². The van der Waals surface area contributed by atoms with Crippen molar-refractivity contribution < 1.29 is 14.3 Å². The summed E-state index contributed by atoms with van der Waals surface area (Å²) < 4.78 is 15.1. The molecule has 0 bridgehead atoms. The summed E-state index contributed by atoms with van der Waals surface area (Å²) in [4.78, 5) is 11.4. The topological polar surface area (TPSA) is 55.1 Å². The number of aromatic nitrogens is 2. The van der Waals surface area contributed by atoms with Gasteiger partial charge in [0.25, 0.3) is 0 Å². The van der Waals surface area contributed by atoms with E-state index in [9.17, 15) is 9.18 Å². The van der Waals surface area contributed by atoms with Gasteiger partial charge in [-0.15, -0.1) is 11.8 Å². The quantitative estimate of drug-likeness (QED) is 0.868. The van der Waals surface area contributed by atoms with Crippen molar-refractivity contribution in [2.45, 2.75) is 4.90 Å². The van der Waals surface area contributed by atoms with Crippen LogP contribution in [0.1, 0.15) is 10.5 Å². The standard InChI is InChI=1S/C12H11FN2O2S/c1-15-10(6-9(14-15)12(16)17)7-3-4-11(18-2)8(13)5-7/h3-6H,1-2H3,(H,16,17). The van der Waals surface area contributed by atoms with Crippen LogP contribution in [0.25, 0.3) is 11.3 Å². The molecule has 94 valence electrons. The Hall–Kier alpha value is -1.82. The van der Waals surface area contributed by atoms with Gasteiger partial charge in [-0.05, 0) is 24.5 Å². The molecule has 2 rings (SSSR count). The molecule has 1 aromatic carbocycles. The van der Waals surface area contributed by atoms with Crippen molar-refractivity contribution in [1.29, 1.82) is 0 Å². The van der Waals surface area contributed by atoms with Crippen molar-refractivity contribution in [3.8, 4) is 11.3 Å². The van der Waals surface area contributed by atoms with Gasteiger partial charge in [0.15, 0.2) is 5.69 Å². The number of aryl methyl sites for hydroxylation is 1. The molecule has 1 heterocycles. The van der Waals surface area contributed by atoms with E-state index in [0.717, 1.165) is 0 Å². The Kier molecular flexibility index (Phi) is 3.38. The van der Waals surface area contributed by atoms with Crippen LogP contribution >= 0.6 is 11.8 Å². The maximum absolute atomic E-state index is 13.7. The van der Waals surface area contributed by atoms with Crippen molar-refractivity contribution >= 4 is 17.7 Å². The molecule has 0 fully saturated rings. The minimum absolute atomic E-state index is 0.0538. The normalized spacial score (nSPS) is 10.6. The molecule has 0 spiro atoms. The summed E-state index contributed by atoms with van der Waals surface area (Å²) in [5, 5.41) is 12.7. The van der Waals surface area contributed by atoms with E-state index in [-0.39, 0.29) is 11.5 Å². The van der Waals surface area contributed by atoms with Crippen molar-refractivity contribution in [2.75, 3.05) is 6.26 Å². The summed E-state index contributed by atoms with van der Waals surface area (Å²) in [6.45, 7) is 0. The monoisotopic (exact) mass is 266 g/mol. The van der Waals surface area contributed by atoms with E-state index in [4.69, 9.17) is 5.11 Å². The summed E-state index contributed by atoms with van der Waals surface area (Å²) in [7, 11) is 1.63. The summed E-state index contributed by atoms with van der Waals surface area (Å²) >= 11 is 1.32. The number of benzene rings is 1. The lowest BCUT2D eigenvalue weighted by Gasteiger charge is -2.04. The molecule has 0 unspecified atom stereocenters. The number of thioether (sulfide) groups is 1. The molecule has 0 atom stereocenters. The van der Waals surface area contributed by atoms with Gasteiger partial charge in [-0.2, -0.15) is 5.10 Å². The molecule has 1 aromatic heterocycles. The summed E-state index contributed by atoms with van der Waals surface area (Å²) in [5.74, 6) is -1.42. The lowest BCUT2D eigenvalue weighted by atomic mass is 10.1. The number of rotatable bonds is 3. The van der Waals surface area contributed by atoms with Gasteiger partial charge in [0.1, 0.15) is 5.82 Å². The highest BCUT2D eigenvalue weighted by molar-refractivity contribution is 7.98. The van der Waals surface area contributed by atoms with Gasteiger partial charge in [0.2, 0.25) is 0 Å². The third-order valence-electron chi connectivity index (χ3n) is 2.55. The van der Waals surface area contributed by atoms with Gasteiger partial charge < -0.3 is 5.11 Å². The minimum atomic E-state index is -1.10. The molecule has 0 radical (unpaired) electrons. The van der Waals surface area contributed by atoms with Gasteiger partial charge >= 0.3 is 5.97 Å². The third kappa shape index (κ3) is 2.24. The summed E-state index contributed by atoms with van der Waals surface area (Å²) in [6, 6.07) is 6.23. The maximum atomic E-state index is 13.7. The van der Waals surface area contributed by atoms with E-state index in [1.165, 1.54) is 28.6 Å². The van der Waals surface area contributed by atoms with E-state index >= 15 is 0 Å². The SMILES string of the molecule is CSc1ccc(-c2cc(C(=O)O)nn2C)cc1F. The predicted octanol–water partition coefficient (Wildman–Crippen LogP) is 2.65. The molecule has 0 saturated heterocycles. The lowest BCUT2D eigenvalue weighted by Crippen LogP contribution is -1.99. The Labute approximate surface area is 107 Å². The van der Waals surface area contributed by atoms with E-state index in [2.05, 4.69) is 5.10 Å². The van der Waals surface area contributed by atoms with Crippen LogP contribution in [0.4, 0.5) is 4.39 Å². The predicted molar refractivity (Wildman–Crippen MR) is 67.3 cm³/mol. The van der Waals surface area contributed by atoms with Crippen molar-refractivity contribution in [2.24, 2.45) is 7.05 Å². The van der Waals surface area contributed by atoms with Crippen molar-refractivity contribution in [3.63, 3.8) is 0 Å². The maximum Gasteiger partial charge on any atom is 0.356 e. The highest BCUT2D eigenvalue weighted by Crippen LogP contribution is 2.26. The van der Waals surface area contributed by atoms with Crippen LogP contribution in [-0.4, -0.2) is 27.1 Å². The van der Waals surface area contributed by atoms with Gasteiger partial charge in [0, 0.05) is 17.5 Å². The molecular formula is C12H11FN2O2S. The largest absolute Gasteiger partial charge is 0.476 e. The summed E-state index contributed by atoms with van der Waals surface area (Å²) in [5.41, 5.74) is 1.12. The molecule has 1 N–H and O–H groups in total. The second-order valence-corrected chi connectivity index (χ2v) is 4.54. The highest BCUT2D eigenvalue weighted by Gasteiger charge is 2.13. The molecule has 4 nitrogen and oxygen atoms in total. The highest BCUT2D eigenvalue weighted by atomic mass is 32.2. The van der Waals surface area contributed by atoms with Crippen LogP contribution in [-0.2, 0) is 7.05 Å². The van der Waals surface area contributed by atoms with Gasteiger partial charge in [0.05, 0.1) is 5.69 Å². The van der Waals surface area contributed by atoms with E-state index in [1.54, 1.807) is 25.4 Å². The van der Waals surface area contributed by atoms with E-state index < -0.39 is 5.97 Å². The van der Waals surface area contributed by atoms with Gasteiger partial charge in [-0.1, -0.05) is 6.07 Å².